The van der Waals surface area contributed by atoms with Crippen molar-refractivity contribution in [2.45, 2.75) is 11.0 Å². The Hall–Kier alpha value is -2.22. The molecule has 1 heterocycles. The molecule has 0 spiro atoms. The van der Waals surface area contributed by atoms with Gasteiger partial charge in [-0.3, -0.25) is 4.98 Å². The number of methoxy groups -OCH3 is 1. The molecule has 3 rings (SSSR count). The third-order valence-corrected chi connectivity index (χ3v) is 4.61. The summed E-state index contributed by atoms with van der Waals surface area (Å²) in [5, 5.41) is 0. The number of benzene rings is 2. The normalized spacial score (nSPS) is 10.6. The van der Waals surface area contributed by atoms with Crippen LogP contribution in [0.1, 0.15) is 11.3 Å². The van der Waals surface area contributed by atoms with E-state index in [1.165, 1.54) is 7.11 Å². The van der Waals surface area contributed by atoms with Crippen LogP contribution in [0.4, 0.5) is 8.78 Å². The van der Waals surface area contributed by atoms with Gasteiger partial charge >= 0.3 is 0 Å². The van der Waals surface area contributed by atoms with Crippen molar-refractivity contribution in [3.8, 4) is 22.6 Å². The minimum absolute atomic E-state index is 0.278. The van der Waals surface area contributed by atoms with Crippen molar-refractivity contribution in [1.29, 1.82) is 0 Å². The van der Waals surface area contributed by atoms with Crippen LogP contribution in [0.15, 0.2) is 54.7 Å². The molecule has 0 aliphatic rings. The van der Waals surface area contributed by atoms with Gasteiger partial charge in [0.25, 0.3) is 0 Å². The molecule has 0 amide bonds. The zero-order valence-corrected chi connectivity index (χ0v) is 16.2. The molecule has 1 aromatic heterocycles. The van der Waals surface area contributed by atoms with Crippen molar-refractivity contribution in [1.82, 2.24) is 4.98 Å². The van der Waals surface area contributed by atoms with Crippen molar-refractivity contribution >= 4 is 22.6 Å². The maximum Gasteiger partial charge on any atom is 0.162 e. The van der Waals surface area contributed by atoms with Gasteiger partial charge < -0.3 is 9.47 Å². The molecule has 0 bridgehead atoms. The summed E-state index contributed by atoms with van der Waals surface area (Å²) in [5.74, 6) is -0.887. The first kappa shape index (κ1) is 18.6. The zero-order chi connectivity index (χ0) is 18.5. The largest absolute Gasteiger partial charge is 0.496 e. The molecule has 3 aromatic rings. The molecule has 0 atom stereocenters. The van der Waals surface area contributed by atoms with E-state index in [0.717, 1.165) is 27.8 Å². The van der Waals surface area contributed by atoms with E-state index in [9.17, 15) is 8.78 Å². The molecule has 0 saturated heterocycles. The van der Waals surface area contributed by atoms with E-state index in [2.05, 4.69) is 27.6 Å². The van der Waals surface area contributed by atoms with Crippen LogP contribution in [0.3, 0.4) is 0 Å². The van der Waals surface area contributed by atoms with Crippen molar-refractivity contribution in [3.63, 3.8) is 0 Å². The van der Waals surface area contributed by atoms with Gasteiger partial charge in [0, 0.05) is 22.3 Å². The zero-order valence-electron chi connectivity index (χ0n) is 14.0. The van der Waals surface area contributed by atoms with Crippen LogP contribution in [-0.2, 0) is 11.0 Å². The molecule has 6 heteroatoms. The number of hydrogen-bond donors (Lipinski definition) is 0. The Balaban J connectivity index is 1.75. The first-order valence-corrected chi connectivity index (χ1v) is 9.39. The maximum absolute atomic E-state index is 13.6. The summed E-state index contributed by atoms with van der Waals surface area (Å²) in [7, 11) is 1.42. The van der Waals surface area contributed by atoms with E-state index in [1.54, 1.807) is 30.5 Å². The second-order valence-corrected chi connectivity index (χ2v) is 6.33. The van der Waals surface area contributed by atoms with Crippen LogP contribution < -0.4 is 9.47 Å². The van der Waals surface area contributed by atoms with E-state index >= 15 is 0 Å². The van der Waals surface area contributed by atoms with Gasteiger partial charge in [-0.25, -0.2) is 8.78 Å². The van der Waals surface area contributed by atoms with E-state index < -0.39 is 11.6 Å². The highest BCUT2D eigenvalue weighted by atomic mass is 127. The Kier molecular flexibility index (Phi) is 6.03. The Bertz CT molecular complexity index is 901. The van der Waals surface area contributed by atoms with Gasteiger partial charge in [-0.2, -0.15) is 0 Å². The van der Waals surface area contributed by atoms with E-state index in [0.29, 0.717) is 23.5 Å². The molecule has 0 radical (unpaired) electrons. The van der Waals surface area contributed by atoms with Gasteiger partial charge in [0.15, 0.2) is 11.6 Å². The number of ether oxygens (including phenoxy) is 2. The number of rotatable bonds is 6. The van der Waals surface area contributed by atoms with Crippen LogP contribution in [0.25, 0.3) is 11.1 Å². The number of halogens is 3. The lowest BCUT2D eigenvalue weighted by atomic mass is 10.0. The summed E-state index contributed by atoms with van der Waals surface area (Å²) >= 11 is 2.27. The second kappa shape index (κ2) is 8.44. The molecule has 26 heavy (non-hydrogen) atoms. The summed E-state index contributed by atoms with van der Waals surface area (Å²) in [6, 6.07) is 13.2. The molecule has 3 nitrogen and oxygen atoms in total. The lowest BCUT2D eigenvalue weighted by molar-refractivity contribution is 0.306. The minimum atomic E-state index is -0.936. The Labute approximate surface area is 164 Å². The van der Waals surface area contributed by atoms with Crippen LogP contribution in [0.5, 0.6) is 11.5 Å². The topological polar surface area (TPSA) is 31.4 Å². The van der Waals surface area contributed by atoms with Crippen LogP contribution in [0.2, 0.25) is 0 Å². The Morgan fingerprint density at radius 3 is 2.42 bits per heavy atom. The number of pyridine rings is 1. The SMILES string of the molecule is COc1cc(F)c(F)cc1-c1ccc(OCc2ccnc(CI)c2)cc1. The quantitative estimate of drug-likeness (QED) is 0.352. The Morgan fingerprint density at radius 2 is 1.73 bits per heavy atom. The first-order chi connectivity index (χ1) is 12.6. The standard InChI is InChI=1S/C20H16F2INO2/c1-25-20-10-19(22)18(21)9-17(20)14-2-4-16(5-3-14)26-12-13-6-7-24-15(8-13)11-23/h2-10H,11-12H2,1H3. The lowest BCUT2D eigenvalue weighted by Crippen LogP contribution is -1.97. The van der Waals surface area contributed by atoms with Crippen molar-refractivity contribution < 1.29 is 18.3 Å². The molecule has 0 fully saturated rings. The van der Waals surface area contributed by atoms with E-state index in [-0.39, 0.29) is 5.75 Å². The predicted molar refractivity (Wildman–Crippen MR) is 105 cm³/mol. The fourth-order valence-electron chi connectivity index (χ4n) is 2.51. The summed E-state index contributed by atoms with van der Waals surface area (Å²) in [4.78, 5) is 4.26. The smallest absolute Gasteiger partial charge is 0.162 e. The molecule has 134 valence electrons. The molecule has 0 aliphatic carbocycles. The van der Waals surface area contributed by atoms with Gasteiger partial charge in [-0.15, -0.1) is 0 Å². The first-order valence-electron chi connectivity index (χ1n) is 7.86. The third-order valence-electron chi connectivity index (χ3n) is 3.83. The molecule has 2 aromatic carbocycles. The lowest BCUT2D eigenvalue weighted by Gasteiger charge is -2.11. The summed E-state index contributed by atoms with van der Waals surface area (Å²) in [6.45, 7) is 0.431. The molecule has 0 saturated carbocycles. The molecular weight excluding hydrogens is 451 g/mol. The highest BCUT2D eigenvalue weighted by Crippen LogP contribution is 2.33. The third kappa shape index (κ3) is 4.30. The number of alkyl halides is 1. The van der Waals surface area contributed by atoms with E-state index in [4.69, 9.17) is 9.47 Å². The average molecular weight is 467 g/mol. The molecular formula is C20H16F2INO2. The van der Waals surface area contributed by atoms with Crippen LogP contribution in [0, 0.1) is 11.6 Å². The van der Waals surface area contributed by atoms with Crippen molar-refractivity contribution in [2.75, 3.05) is 7.11 Å². The van der Waals surface area contributed by atoms with Gasteiger partial charge in [-0.05, 0) is 41.5 Å². The molecule has 0 unspecified atom stereocenters. The summed E-state index contributed by atoms with van der Waals surface area (Å²) in [5.41, 5.74) is 3.24. The second-order valence-electron chi connectivity index (χ2n) is 5.57. The fourth-order valence-corrected chi connectivity index (χ4v) is 2.93. The summed E-state index contributed by atoms with van der Waals surface area (Å²) in [6.07, 6.45) is 1.77. The average Bonchev–Trinajstić information content (AvgIpc) is 2.68. The molecule has 0 aliphatic heterocycles. The Morgan fingerprint density at radius 1 is 1.00 bits per heavy atom. The van der Waals surface area contributed by atoms with E-state index in [1.807, 2.05) is 12.1 Å². The van der Waals surface area contributed by atoms with Crippen molar-refractivity contribution in [2.24, 2.45) is 0 Å². The molecule has 0 N–H and O–H groups in total. The minimum Gasteiger partial charge on any atom is -0.496 e. The van der Waals surface area contributed by atoms with Gasteiger partial charge in [0.1, 0.15) is 18.1 Å². The highest BCUT2D eigenvalue weighted by molar-refractivity contribution is 14.1. The van der Waals surface area contributed by atoms with Crippen molar-refractivity contribution in [3.05, 3.63) is 77.6 Å². The summed E-state index contributed by atoms with van der Waals surface area (Å²) < 4.78 is 38.7. The van der Waals surface area contributed by atoms with Gasteiger partial charge in [0.2, 0.25) is 0 Å². The number of aromatic nitrogens is 1. The van der Waals surface area contributed by atoms with Gasteiger partial charge in [-0.1, -0.05) is 34.7 Å². The van der Waals surface area contributed by atoms with Gasteiger partial charge in [0.05, 0.1) is 12.8 Å². The fraction of sp³-hybridized carbons (Fsp3) is 0.150. The maximum atomic E-state index is 13.6. The van der Waals surface area contributed by atoms with Crippen LogP contribution in [-0.4, -0.2) is 12.1 Å². The number of nitrogens with zero attached hydrogens (tertiary/aromatic N) is 1. The monoisotopic (exact) mass is 467 g/mol. The number of hydrogen-bond acceptors (Lipinski definition) is 3. The highest BCUT2D eigenvalue weighted by Gasteiger charge is 2.12. The van der Waals surface area contributed by atoms with Crippen LogP contribution >= 0.6 is 22.6 Å². The predicted octanol–water partition coefficient (Wildman–Crippen LogP) is 5.55.